The summed E-state index contributed by atoms with van der Waals surface area (Å²) in [7, 11) is -3.91. The average Bonchev–Trinajstić information content (AvgIpc) is 3.12. The van der Waals surface area contributed by atoms with Crippen LogP contribution in [0, 0.1) is 20.8 Å². The van der Waals surface area contributed by atoms with Crippen LogP contribution in [0.15, 0.2) is 85.5 Å². The highest BCUT2D eigenvalue weighted by Crippen LogP contribution is 2.35. The van der Waals surface area contributed by atoms with E-state index in [1.54, 1.807) is 24.3 Å². The van der Waals surface area contributed by atoms with Gasteiger partial charge in [-0.2, -0.15) is 4.98 Å². The fourth-order valence-electron chi connectivity index (χ4n) is 3.37. The van der Waals surface area contributed by atoms with Crippen molar-refractivity contribution in [2.45, 2.75) is 30.7 Å². The van der Waals surface area contributed by atoms with Crippen molar-refractivity contribution in [1.82, 2.24) is 4.98 Å². The first kappa shape index (κ1) is 21.3. The molecule has 0 aliphatic carbocycles. The van der Waals surface area contributed by atoms with E-state index in [9.17, 15) is 8.42 Å². The van der Waals surface area contributed by atoms with Crippen molar-refractivity contribution in [2.75, 3.05) is 5.32 Å². The molecule has 0 unspecified atom stereocenters. The fraction of sp³-hybridized carbons (Fsp3) is 0.125. The predicted octanol–water partition coefficient (Wildman–Crippen LogP) is 6.61. The quantitative estimate of drug-likeness (QED) is 0.336. The molecule has 31 heavy (non-hydrogen) atoms. The lowest BCUT2D eigenvalue weighted by Gasteiger charge is -2.08. The smallest absolute Gasteiger partial charge is 0.238 e. The summed E-state index contributed by atoms with van der Waals surface area (Å²) >= 11 is 3.34. The van der Waals surface area contributed by atoms with E-state index in [2.05, 4.69) is 26.2 Å². The maximum atomic E-state index is 13.4. The second-order valence-electron chi connectivity index (χ2n) is 7.48. The number of hydrogen-bond donors (Lipinski definition) is 1. The van der Waals surface area contributed by atoms with Gasteiger partial charge < -0.3 is 9.73 Å². The first-order valence-electron chi connectivity index (χ1n) is 9.66. The Labute approximate surface area is 190 Å². The summed E-state index contributed by atoms with van der Waals surface area (Å²) in [6.45, 7) is 5.92. The van der Waals surface area contributed by atoms with Gasteiger partial charge >= 0.3 is 0 Å². The molecule has 7 heteroatoms. The van der Waals surface area contributed by atoms with E-state index >= 15 is 0 Å². The molecular formula is C24H21BrN2O3S. The largest absolute Gasteiger partial charge is 0.419 e. The van der Waals surface area contributed by atoms with E-state index in [1.807, 2.05) is 63.2 Å². The van der Waals surface area contributed by atoms with Gasteiger partial charge in [0.15, 0.2) is 0 Å². The Bertz CT molecular complexity index is 1340. The van der Waals surface area contributed by atoms with Crippen molar-refractivity contribution in [2.24, 2.45) is 0 Å². The number of halogens is 1. The molecule has 0 saturated carbocycles. The second kappa shape index (κ2) is 8.32. The lowest BCUT2D eigenvalue weighted by atomic mass is 10.1. The standard InChI is InChI=1S/C24H21BrN2O3S/c1-15-5-4-6-18(12-15)22-27-24(31(28,29)21-9-7-19(25)8-10-21)23(30-22)26-20-13-16(2)11-17(3)14-20/h4-14,26H,1-3H3. The monoisotopic (exact) mass is 496 g/mol. The van der Waals surface area contributed by atoms with Crippen LogP contribution in [0.5, 0.6) is 0 Å². The molecule has 0 aliphatic heterocycles. The summed E-state index contributed by atoms with van der Waals surface area (Å²) in [5.41, 5.74) is 4.57. The number of anilines is 2. The van der Waals surface area contributed by atoms with E-state index in [-0.39, 0.29) is 21.7 Å². The summed E-state index contributed by atoms with van der Waals surface area (Å²) < 4.78 is 33.6. The summed E-state index contributed by atoms with van der Waals surface area (Å²) in [6.07, 6.45) is 0. The molecular weight excluding hydrogens is 476 g/mol. The molecule has 1 heterocycles. The number of rotatable bonds is 5. The lowest BCUT2D eigenvalue weighted by Crippen LogP contribution is -2.05. The van der Waals surface area contributed by atoms with Gasteiger partial charge in [0, 0.05) is 15.7 Å². The molecule has 0 fully saturated rings. The Kier molecular flexibility index (Phi) is 5.73. The lowest BCUT2D eigenvalue weighted by molar-refractivity contribution is 0.582. The van der Waals surface area contributed by atoms with Gasteiger partial charge in [0.05, 0.1) is 4.90 Å². The molecule has 0 bridgehead atoms. The number of nitrogens with zero attached hydrogens (tertiary/aromatic N) is 1. The molecule has 0 atom stereocenters. The average molecular weight is 497 g/mol. The molecule has 0 amide bonds. The molecule has 0 saturated heterocycles. The highest BCUT2D eigenvalue weighted by Gasteiger charge is 2.29. The van der Waals surface area contributed by atoms with Crippen LogP contribution in [0.3, 0.4) is 0 Å². The zero-order valence-corrected chi connectivity index (χ0v) is 19.7. The first-order chi connectivity index (χ1) is 14.7. The minimum absolute atomic E-state index is 0.0874. The number of sulfone groups is 1. The number of benzene rings is 3. The van der Waals surface area contributed by atoms with Gasteiger partial charge in [0.1, 0.15) is 0 Å². The van der Waals surface area contributed by atoms with E-state index in [4.69, 9.17) is 4.42 Å². The number of nitrogens with one attached hydrogen (secondary N) is 1. The molecule has 1 N–H and O–H groups in total. The van der Waals surface area contributed by atoms with Crippen molar-refractivity contribution in [1.29, 1.82) is 0 Å². The highest BCUT2D eigenvalue weighted by atomic mass is 79.9. The third kappa shape index (κ3) is 4.57. The van der Waals surface area contributed by atoms with Crippen LogP contribution in [0.4, 0.5) is 11.6 Å². The molecule has 4 rings (SSSR count). The van der Waals surface area contributed by atoms with E-state index in [0.717, 1.165) is 26.9 Å². The Hall–Kier alpha value is -2.90. The third-order valence-electron chi connectivity index (χ3n) is 4.72. The van der Waals surface area contributed by atoms with Crippen LogP contribution in [0.2, 0.25) is 0 Å². The van der Waals surface area contributed by atoms with Crippen LogP contribution < -0.4 is 5.32 Å². The zero-order chi connectivity index (χ0) is 22.2. The van der Waals surface area contributed by atoms with Gasteiger partial charge in [0.25, 0.3) is 0 Å². The SMILES string of the molecule is Cc1cc(C)cc(Nc2oc(-c3cccc(C)c3)nc2S(=O)(=O)c2ccc(Br)cc2)c1. The Morgan fingerprint density at radius 3 is 2.19 bits per heavy atom. The van der Waals surface area contributed by atoms with Gasteiger partial charge in [-0.3, -0.25) is 0 Å². The van der Waals surface area contributed by atoms with Crippen LogP contribution in [-0.2, 0) is 9.84 Å². The van der Waals surface area contributed by atoms with Crippen LogP contribution in [0.25, 0.3) is 11.5 Å². The van der Waals surface area contributed by atoms with Gasteiger partial charge in [-0.05, 0) is 80.4 Å². The van der Waals surface area contributed by atoms with Crippen LogP contribution >= 0.6 is 15.9 Å². The number of aromatic nitrogens is 1. The topological polar surface area (TPSA) is 72.2 Å². The molecule has 4 aromatic rings. The van der Waals surface area contributed by atoms with Crippen molar-refractivity contribution in [3.63, 3.8) is 0 Å². The van der Waals surface area contributed by atoms with E-state index in [0.29, 0.717) is 5.56 Å². The maximum absolute atomic E-state index is 13.4. The maximum Gasteiger partial charge on any atom is 0.238 e. The number of hydrogen-bond acceptors (Lipinski definition) is 5. The van der Waals surface area contributed by atoms with Crippen molar-refractivity contribution < 1.29 is 12.8 Å². The highest BCUT2D eigenvalue weighted by molar-refractivity contribution is 9.10. The Morgan fingerprint density at radius 2 is 1.55 bits per heavy atom. The van der Waals surface area contributed by atoms with E-state index < -0.39 is 9.84 Å². The minimum atomic E-state index is -3.91. The summed E-state index contributed by atoms with van der Waals surface area (Å²) in [4.78, 5) is 4.55. The second-order valence-corrected chi connectivity index (χ2v) is 10.3. The predicted molar refractivity (Wildman–Crippen MR) is 125 cm³/mol. The molecule has 3 aromatic carbocycles. The molecule has 5 nitrogen and oxygen atoms in total. The molecule has 0 spiro atoms. The molecule has 0 aliphatic rings. The normalized spacial score (nSPS) is 11.5. The fourth-order valence-corrected chi connectivity index (χ4v) is 4.89. The van der Waals surface area contributed by atoms with E-state index in [1.165, 1.54) is 0 Å². The molecule has 1 aromatic heterocycles. The Morgan fingerprint density at radius 1 is 0.871 bits per heavy atom. The Balaban J connectivity index is 1.86. The van der Waals surface area contributed by atoms with Gasteiger partial charge in [-0.15, -0.1) is 0 Å². The van der Waals surface area contributed by atoms with Gasteiger partial charge in [-0.25, -0.2) is 8.42 Å². The third-order valence-corrected chi connectivity index (χ3v) is 6.93. The van der Waals surface area contributed by atoms with Crippen molar-refractivity contribution in [3.8, 4) is 11.5 Å². The van der Waals surface area contributed by atoms with Crippen molar-refractivity contribution >= 4 is 37.3 Å². The summed E-state index contributed by atoms with van der Waals surface area (Å²) in [5.74, 6) is 0.329. The van der Waals surface area contributed by atoms with Crippen LogP contribution in [0.1, 0.15) is 16.7 Å². The summed E-state index contributed by atoms with van der Waals surface area (Å²) in [6, 6.07) is 19.9. The van der Waals surface area contributed by atoms with Gasteiger partial charge in [0.2, 0.25) is 26.6 Å². The van der Waals surface area contributed by atoms with Crippen LogP contribution in [-0.4, -0.2) is 13.4 Å². The first-order valence-corrected chi connectivity index (χ1v) is 11.9. The summed E-state index contributed by atoms with van der Waals surface area (Å²) in [5, 5.41) is 2.98. The molecule has 0 radical (unpaired) electrons. The van der Waals surface area contributed by atoms with Crippen molar-refractivity contribution in [3.05, 3.63) is 87.9 Å². The number of oxazole rings is 1. The minimum Gasteiger partial charge on any atom is -0.419 e. The number of aryl methyl sites for hydroxylation is 3. The zero-order valence-electron chi connectivity index (χ0n) is 17.3. The molecule has 158 valence electrons. The van der Waals surface area contributed by atoms with Gasteiger partial charge in [-0.1, -0.05) is 39.7 Å².